The van der Waals surface area contributed by atoms with Crippen molar-refractivity contribution in [3.8, 4) is 0 Å². The van der Waals surface area contributed by atoms with Gasteiger partial charge in [0, 0.05) is 0 Å². The van der Waals surface area contributed by atoms with Gasteiger partial charge in [-0.25, -0.2) is 10.1 Å². The number of hydrazone groups is 1. The summed E-state index contributed by atoms with van der Waals surface area (Å²) in [5.41, 5.74) is 3.48. The minimum absolute atomic E-state index is 0.0953. The molecule has 1 saturated heterocycles. The van der Waals surface area contributed by atoms with Crippen LogP contribution in [-0.2, 0) is 17.8 Å². The maximum atomic E-state index is 12.3. The number of nitrogens with one attached hydrogen (secondary N) is 2. The summed E-state index contributed by atoms with van der Waals surface area (Å²) in [6, 6.07) is -1.14. The van der Waals surface area contributed by atoms with Crippen molar-refractivity contribution in [2.24, 2.45) is 11.0 Å². The number of unbranched alkanes of at least 4 members (excludes halogenated alkanes) is 2. The lowest BCUT2D eigenvalue weighted by Crippen LogP contribution is -2.44. The fourth-order valence-corrected chi connectivity index (χ4v) is 4.96. The van der Waals surface area contributed by atoms with Gasteiger partial charge in [0.05, 0.1) is 55.5 Å². The van der Waals surface area contributed by atoms with Crippen LogP contribution in [0.3, 0.4) is 0 Å². The second kappa shape index (κ2) is 13.4. The van der Waals surface area contributed by atoms with E-state index >= 15 is 0 Å². The van der Waals surface area contributed by atoms with Gasteiger partial charge in [0.15, 0.2) is 6.10 Å². The Labute approximate surface area is 205 Å². The molecule has 0 unspecified atom stereocenters. The number of amides is 1. The molecule has 12 nitrogen and oxygen atoms in total. The minimum atomic E-state index is -1.56. The Morgan fingerprint density at radius 1 is 1.20 bits per heavy atom. The normalized spacial score (nSPS) is 27.4. The van der Waals surface area contributed by atoms with Crippen molar-refractivity contribution < 1.29 is 30.3 Å². The highest BCUT2D eigenvalue weighted by atomic mass is 16.3. The third-order valence-electron chi connectivity index (χ3n) is 7.14. The van der Waals surface area contributed by atoms with Gasteiger partial charge in [-0.05, 0) is 31.6 Å². The summed E-state index contributed by atoms with van der Waals surface area (Å²) in [5.74, 6) is -0.872. The Morgan fingerprint density at radius 3 is 2.57 bits per heavy atom. The quantitative estimate of drug-likeness (QED) is 0.106. The van der Waals surface area contributed by atoms with E-state index in [4.69, 9.17) is 0 Å². The molecule has 1 saturated carbocycles. The molecule has 1 aliphatic heterocycles. The Hall–Kier alpha value is -1.96. The summed E-state index contributed by atoms with van der Waals surface area (Å²) in [7, 11) is 0. The number of nitrogens with zero attached hydrogens (tertiary/aromatic N) is 4. The summed E-state index contributed by atoms with van der Waals surface area (Å²) in [6.07, 6.45) is 4.73. The molecule has 198 valence electrons. The van der Waals surface area contributed by atoms with Crippen LogP contribution in [0.5, 0.6) is 0 Å². The number of hydrogen-bond donors (Lipinski definition) is 7. The summed E-state index contributed by atoms with van der Waals surface area (Å²) in [5, 5.41) is 65.6. The zero-order valence-corrected chi connectivity index (χ0v) is 20.3. The molecular formula is C23H40N6O6. The average Bonchev–Trinajstić information content (AvgIpc) is 3.38. The molecule has 1 aromatic heterocycles. The molecule has 2 heterocycles. The van der Waals surface area contributed by atoms with Crippen LogP contribution in [0, 0.1) is 5.92 Å². The van der Waals surface area contributed by atoms with Crippen molar-refractivity contribution in [2.45, 2.75) is 108 Å². The highest BCUT2D eigenvalue weighted by Gasteiger charge is 2.41. The van der Waals surface area contributed by atoms with Gasteiger partial charge in [-0.1, -0.05) is 44.2 Å². The van der Waals surface area contributed by atoms with E-state index in [2.05, 4.69) is 33.1 Å². The largest absolute Gasteiger partial charge is 0.395 e. The van der Waals surface area contributed by atoms with E-state index in [1.54, 1.807) is 4.68 Å². The first-order valence-electron chi connectivity index (χ1n) is 12.7. The SMILES string of the molecule is CCCCCc1c(/C=N/NC(=O)[C@@H](O)[C@H](O)C2CCCCC2)nnn1C[C@H]1N[C@H](CO)[C@@H](O)[C@@H]1O. The molecule has 0 spiro atoms. The summed E-state index contributed by atoms with van der Waals surface area (Å²) in [4.78, 5) is 12.3. The number of aliphatic hydroxyl groups excluding tert-OH is 5. The van der Waals surface area contributed by atoms with Gasteiger partial charge < -0.3 is 30.8 Å². The number of carbonyl (C=O) groups is 1. The number of aromatic nitrogens is 3. The van der Waals surface area contributed by atoms with Crippen molar-refractivity contribution in [3.05, 3.63) is 11.4 Å². The van der Waals surface area contributed by atoms with Crippen molar-refractivity contribution in [1.29, 1.82) is 0 Å². The van der Waals surface area contributed by atoms with Crippen LogP contribution in [0.15, 0.2) is 5.10 Å². The average molecular weight is 497 g/mol. The van der Waals surface area contributed by atoms with E-state index in [1.165, 1.54) is 6.21 Å². The lowest BCUT2D eigenvalue weighted by molar-refractivity contribution is -0.138. The van der Waals surface area contributed by atoms with E-state index in [0.717, 1.165) is 57.1 Å². The second-order valence-electron chi connectivity index (χ2n) is 9.67. The molecule has 2 aliphatic rings. The number of carbonyl (C=O) groups excluding carboxylic acids is 1. The molecule has 35 heavy (non-hydrogen) atoms. The molecule has 3 rings (SSSR count). The molecule has 0 radical (unpaired) electrons. The monoisotopic (exact) mass is 496 g/mol. The highest BCUT2D eigenvalue weighted by molar-refractivity contribution is 5.84. The van der Waals surface area contributed by atoms with Crippen LogP contribution >= 0.6 is 0 Å². The third kappa shape index (κ3) is 7.05. The van der Waals surface area contributed by atoms with Gasteiger partial charge in [0.25, 0.3) is 5.91 Å². The zero-order chi connectivity index (χ0) is 25.4. The van der Waals surface area contributed by atoms with Crippen molar-refractivity contribution in [3.63, 3.8) is 0 Å². The van der Waals surface area contributed by atoms with Crippen LogP contribution in [0.4, 0.5) is 0 Å². The molecule has 12 heteroatoms. The minimum Gasteiger partial charge on any atom is -0.395 e. The molecule has 1 aliphatic carbocycles. The number of hydrogen-bond acceptors (Lipinski definition) is 10. The van der Waals surface area contributed by atoms with Crippen molar-refractivity contribution in [2.75, 3.05) is 6.61 Å². The predicted molar refractivity (Wildman–Crippen MR) is 127 cm³/mol. The molecule has 6 atom stereocenters. The van der Waals surface area contributed by atoms with Gasteiger partial charge in [-0.3, -0.25) is 4.79 Å². The first kappa shape index (κ1) is 27.6. The van der Waals surface area contributed by atoms with Crippen molar-refractivity contribution >= 4 is 12.1 Å². The first-order chi connectivity index (χ1) is 16.9. The van der Waals surface area contributed by atoms with E-state index in [1.807, 2.05) is 0 Å². The van der Waals surface area contributed by atoms with Gasteiger partial charge >= 0.3 is 0 Å². The first-order valence-corrected chi connectivity index (χ1v) is 12.7. The molecule has 1 aromatic rings. The van der Waals surface area contributed by atoms with E-state index < -0.39 is 42.4 Å². The second-order valence-corrected chi connectivity index (χ2v) is 9.67. The summed E-state index contributed by atoms with van der Waals surface area (Å²) in [6.45, 7) is 2.03. The van der Waals surface area contributed by atoms with Gasteiger partial charge in [-0.15, -0.1) is 5.10 Å². The van der Waals surface area contributed by atoms with Crippen LogP contribution in [0.25, 0.3) is 0 Å². The van der Waals surface area contributed by atoms with Crippen molar-refractivity contribution in [1.82, 2.24) is 25.7 Å². The van der Waals surface area contributed by atoms with E-state index in [9.17, 15) is 30.3 Å². The van der Waals surface area contributed by atoms with Crippen LogP contribution < -0.4 is 10.7 Å². The van der Waals surface area contributed by atoms with E-state index in [0.29, 0.717) is 12.1 Å². The topological polar surface area (TPSA) is 185 Å². The lowest BCUT2D eigenvalue weighted by atomic mass is 9.83. The maximum absolute atomic E-state index is 12.3. The fraction of sp³-hybridized carbons (Fsp3) is 0.826. The zero-order valence-electron chi connectivity index (χ0n) is 20.3. The van der Waals surface area contributed by atoms with Crippen LogP contribution in [-0.4, -0.2) is 95.8 Å². The van der Waals surface area contributed by atoms with Crippen LogP contribution in [0.1, 0.15) is 69.7 Å². The lowest BCUT2D eigenvalue weighted by Gasteiger charge is -2.28. The summed E-state index contributed by atoms with van der Waals surface area (Å²) < 4.78 is 1.63. The van der Waals surface area contributed by atoms with Gasteiger partial charge in [-0.2, -0.15) is 5.10 Å². The molecular weight excluding hydrogens is 456 g/mol. The standard InChI is InChI=1S/C23H40N6O6/c1-2-3-5-10-18-15(26-28-29(18)12-16-20(32)21(33)17(13-30)25-16)11-24-27-23(35)22(34)19(31)14-8-6-4-7-9-14/h11,14,16-17,19-22,25,30-34H,2-10,12-13H2,1H3,(H,27,35)/b24-11+/t16-,17-,19-,20-,21-,22+/m1/s1. The molecule has 0 aromatic carbocycles. The summed E-state index contributed by atoms with van der Waals surface area (Å²) >= 11 is 0. The Balaban J connectivity index is 1.64. The third-order valence-corrected chi connectivity index (χ3v) is 7.14. The predicted octanol–water partition coefficient (Wildman–Crippen LogP) is -1.18. The highest BCUT2D eigenvalue weighted by Crippen LogP contribution is 2.27. The molecule has 7 N–H and O–H groups in total. The van der Waals surface area contributed by atoms with Crippen LogP contribution in [0.2, 0.25) is 0 Å². The fourth-order valence-electron chi connectivity index (χ4n) is 4.96. The van der Waals surface area contributed by atoms with Gasteiger partial charge in [0.1, 0.15) is 5.69 Å². The molecule has 2 fully saturated rings. The van der Waals surface area contributed by atoms with Gasteiger partial charge in [0.2, 0.25) is 0 Å². The van der Waals surface area contributed by atoms with E-state index in [-0.39, 0.29) is 19.1 Å². The smallest absolute Gasteiger partial charge is 0.271 e. The Kier molecular flexibility index (Phi) is 10.6. The number of aliphatic hydroxyl groups is 5. The molecule has 1 amide bonds. The maximum Gasteiger partial charge on any atom is 0.271 e. The Bertz CT molecular complexity index is 829. The molecule has 0 bridgehead atoms. The Morgan fingerprint density at radius 2 is 1.91 bits per heavy atom. The number of rotatable bonds is 12.